The van der Waals surface area contributed by atoms with E-state index in [1.807, 2.05) is 22.4 Å². The minimum absolute atomic E-state index is 0.220. The number of carboxylic acid groups (broad SMARTS) is 4. The summed E-state index contributed by atoms with van der Waals surface area (Å²) in [5, 5.41) is 37.0. The number of halogens is 1. The molecule has 0 bridgehead atoms. The van der Waals surface area contributed by atoms with Crippen molar-refractivity contribution in [1.82, 2.24) is 0 Å². The molecule has 7 atom stereocenters. The Labute approximate surface area is 190 Å². The Morgan fingerprint density at radius 1 is 1.00 bits per heavy atom. The van der Waals surface area contributed by atoms with Gasteiger partial charge in [0.25, 0.3) is 0 Å². The van der Waals surface area contributed by atoms with E-state index in [0.717, 1.165) is 0 Å². The summed E-state index contributed by atoms with van der Waals surface area (Å²) in [4.78, 5) is 76.8. The lowest BCUT2D eigenvalue weighted by molar-refractivity contribution is -0.158. The van der Waals surface area contributed by atoms with Crippen molar-refractivity contribution in [3.05, 3.63) is 0 Å². The second-order valence-corrected chi connectivity index (χ2v) is 13.6. The average molecular weight is 580 g/mol. The largest absolute Gasteiger partial charge is 0.496 e. The Morgan fingerprint density at radius 3 is 1.77 bits per heavy atom. The van der Waals surface area contributed by atoms with Gasteiger partial charge in [0.2, 0.25) is 4.86 Å². The van der Waals surface area contributed by atoms with Gasteiger partial charge in [0, 0.05) is 5.54 Å². The molecule has 0 aliphatic carbocycles. The first-order valence-corrected chi connectivity index (χ1v) is 13.6. The zero-order valence-corrected chi connectivity index (χ0v) is 20.8. The molecule has 0 fully saturated rings. The lowest BCUT2D eigenvalue weighted by atomic mass is 9.74. The fourth-order valence-corrected chi connectivity index (χ4v) is 9.14. The molecule has 0 saturated heterocycles. The first kappa shape index (κ1) is 29.2. The van der Waals surface area contributed by atoms with Crippen LogP contribution in [0.1, 0.15) is 33.6 Å². The molecular weight excluding hydrogens is 553 g/mol. The van der Waals surface area contributed by atoms with E-state index in [1.165, 1.54) is 20.8 Å². The maximum Gasteiger partial charge on any atom is 0.496 e. The third-order valence-electron chi connectivity index (χ3n) is 5.36. The normalized spacial score (nSPS) is 19.3. The minimum atomic E-state index is -5.06. The smallest absolute Gasteiger partial charge is 0.481 e. The third kappa shape index (κ3) is 7.41. The molecule has 0 aliphatic rings. The summed E-state index contributed by atoms with van der Waals surface area (Å²) < 4.78 is 0. The first-order chi connectivity index (χ1) is 13.5. The van der Waals surface area contributed by atoms with Crippen molar-refractivity contribution < 1.29 is 54.0 Å². The lowest BCUT2D eigenvalue weighted by Crippen LogP contribution is -2.51. The molecule has 15 heteroatoms. The highest BCUT2D eigenvalue weighted by Crippen LogP contribution is 2.49. The van der Waals surface area contributed by atoms with Gasteiger partial charge in [-0.15, -0.1) is 30.8 Å². The van der Waals surface area contributed by atoms with Gasteiger partial charge in [0.05, 0.1) is 23.7 Å². The molecule has 0 aromatic rings. The van der Waals surface area contributed by atoms with Crippen LogP contribution in [0.4, 0.5) is 0 Å². The number of aliphatic carboxylic acids is 4. The van der Waals surface area contributed by atoms with Crippen molar-refractivity contribution in [2.75, 3.05) is 0 Å². The van der Waals surface area contributed by atoms with E-state index in [2.05, 4.69) is 0 Å². The lowest BCUT2D eigenvalue weighted by Gasteiger charge is -2.41. The molecule has 30 heavy (non-hydrogen) atoms. The third-order valence-corrected chi connectivity index (χ3v) is 9.73. The summed E-state index contributed by atoms with van der Waals surface area (Å²) >= 11 is 1.93. The van der Waals surface area contributed by atoms with Gasteiger partial charge in [0.1, 0.15) is 0 Å². The van der Waals surface area contributed by atoms with Crippen LogP contribution in [0, 0.1) is 23.7 Å². The highest BCUT2D eigenvalue weighted by Gasteiger charge is 2.54. The van der Waals surface area contributed by atoms with Gasteiger partial charge in [-0.25, -0.2) is 0 Å². The highest BCUT2D eigenvalue weighted by atomic mass is 127. The number of rotatable bonds is 14. The second kappa shape index (κ2) is 11.7. The van der Waals surface area contributed by atoms with Crippen molar-refractivity contribution in [2.45, 2.75) is 44.3 Å². The Morgan fingerprint density at radius 2 is 1.50 bits per heavy atom. The number of hydrogen-bond donors (Lipinski definition) is 7. The highest BCUT2D eigenvalue weighted by molar-refractivity contribution is 14.1. The summed E-state index contributed by atoms with van der Waals surface area (Å²) in [5.41, 5.74) is -1.65. The van der Waals surface area contributed by atoms with E-state index in [4.69, 9.17) is 0 Å². The maximum absolute atomic E-state index is 12.0. The predicted molar refractivity (Wildman–Crippen MR) is 119 cm³/mol. The van der Waals surface area contributed by atoms with Gasteiger partial charge in [-0.2, -0.15) is 0 Å². The molecule has 7 unspecified atom stereocenters. The quantitative estimate of drug-likeness (QED) is 0.0829. The van der Waals surface area contributed by atoms with Crippen LogP contribution in [0.3, 0.4) is 0 Å². The first-order valence-electron chi connectivity index (χ1n) is 8.94. The average Bonchev–Trinajstić information content (AvgIpc) is 2.55. The maximum atomic E-state index is 12.0. The van der Waals surface area contributed by atoms with Crippen LogP contribution in [0.5, 0.6) is 0 Å². The molecular formula is C15H27BIO11PSi. The van der Waals surface area contributed by atoms with Crippen LogP contribution in [0.15, 0.2) is 0 Å². The molecule has 0 saturated carbocycles. The van der Waals surface area contributed by atoms with Crippen molar-refractivity contribution in [2.24, 2.45) is 23.7 Å². The van der Waals surface area contributed by atoms with Crippen LogP contribution in [0.25, 0.3) is 0 Å². The number of hydrogen-bond acceptors (Lipinski definition) is 7. The summed E-state index contributed by atoms with van der Waals surface area (Å²) in [6.07, 6.45) is -0.772. The topological polar surface area (TPSA) is 210 Å². The second-order valence-electron chi connectivity index (χ2n) is 7.39. The van der Waals surface area contributed by atoms with Crippen molar-refractivity contribution in [3.63, 3.8) is 0 Å². The SMILES string of the molecule is CCC(C(C(=O)O)C(CC(C)(PBI)C(C(=O)O)C(C)C(=O)O)C(=O)O)[Si](O)(O)O. The van der Waals surface area contributed by atoms with E-state index in [9.17, 15) is 54.0 Å². The van der Waals surface area contributed by atoms with Crippen LogP contribution in [-0.4, -0.2) is 77.5 Å². The zero-order valence-electron chi connectivity index (χ0n) is 16.6. The Hall–Kier alpha value is -0.798. The summed E-state index contributed by atoms with van der Waals surface area (Å²) in [5.74, 6) is -12.7. The molecule has 0 spiro atoms. The molecule has 0 aliphatic heterocycles. The molecule has 0 amide bonds. The van der Waals surface area contributed by atoms with E-state index in [0.29, 0.717) is 4.86 Å². The van der Waals surface area contributed by atoms with Crippen molar-refractivity contribution >= 4 is 68.4 Å². The van der Waals surface area contributed by atoms with Crippen LogP contribution >= 0.6 is 30.8 Å². The van der Waals surface area contributed by atoms with Gasteiger partial charge >= 0.3 is 32.7 Å². The molecule has 0 radical (unpaired) electrons. The zero-order chi connectivity index (χ0) is 24.0. The molecule has 172 valence electrons. The fourth-order valence-electron chi connectivity index (χ4n) is 3.86. The van der Waals surface area contributed by atoms with E-state index < -0.39 is 73.5 Å². The number of carbonyl (C=O) groups is 4. The Balaban J connectivity index is 6.52. The van der Waals surface area contributed by atoms with E-state index >= 15 is 0 Å². The van der Waals surface area contributed by atoms with Gasteiger partial charge < -0.3 is 34.8 Å². The minimum Gasteiger partial charge on any atom is -0.481 e. The van der Waals surface area contributed by atoms with Gasteiger partial charge in [-0.05, 0) is 18.0 Å². The van der Waals surface area contributed by atoms with Crippen molar-refractivity contribution in [1.29, 1.82) is 0 Å². The van der Waals surface area contributed by atoms with Crippen LogP contribution in [0.2, 0.25) is 5.54 Å². The molecule has 0 heterocycles. The summed E-state index contributed by atoms with van der Waals surface area (Å²) in [7, 11) is -5.28. The van der Waals surface area contributed by atoms with Crippen LogP contribution < -0.4 is 0 Å². The fraction of sp³-hybridized carbons (Fsp3) is 0.733. The monoisotopic (exact) mass is 580 g/mol. The van der Waals surface area contributed by atoms with Gasteiger partial charge in [-0.3, -0.25) is 19.2 Å². The molecule has 11 nitrogen and oxygen atoms in total. The van der Waals surface area contributed by atoms with Gasteiger partial charge in [0.15, 0.2) is 0 Å². The van der Waals surface area contributed by atoms with E-state index in [-0.39, 0.29) is 14.9 Å². The predicted octanol–water partition coefficient (Wildman–Crippen LogP) is 0.0343. The molecule has 0 aromatic carbocycles. The Bertz CT molecular complexity index is 661. The molecule has 0 aromatic heterocycles. The molecule has 0 rings (SSSR count). The number of carboxylic acids is 4. The summed E-state index contributed by atoms with van der Waals surface area (Å²) in [6.45, 7) is 3.95. The standard InChI is InChI=1S/C15H27BIO11PSi/c1-4-8(30(26,27)28)9(13(22)23)7(12(20)21)5-15(3,29-16-17)10(14(24)25)6(2)11(18)19/h6-10,16,26-29H,4-5H2,1-3H3,(H,18,19)(H,20,21)(H,22,23)(H,24,25). The molecule has 7 N–H and O–H groups in total. The van der Waals surface area contributed by atoms with Crippen molar-refractivity contribution in [3.8, 4) is 0 Å². The van der Waals surface area contributed by atoms with Crippen LogP contribution in [-0.2, 0) is 19.2 Å². The van der Waals surface area contributed by atoms with Gasteiger partial charge in [-0.1, -0.05) is 20.8 Å². The summed E-state index contributed by atoms with van der Waals surface area (Å²) in [6, 6.07) is 0. The van der Waals surface area contributed by atoms with E-state index in [1.54, 1.807) is 0 Å². The Kier molecular flexibility index (Phi) is 11.4.